The lowest BCUT2D eigenvalue weighted by Crippen LogP contribution is -2.34. The Morgan fingerprint density at radius 1 is 1.28 bits per heavy atom. The molecule has 3 heteroatoms. The van der Waals surface area contributed by atoms with Gasteiger partial charge in [0.05, 0.1) is 12.5 Å². The fraction of sp³-hybridized carbons (Fsp3) is 0.533. The van der Waals surface area contributed by atoms with Gasteiger partial charge >= 0.3 is 0 Å². The van der Waals surface area contributed by atoms with Crippen LogP contribution in [0.5, 0.6) is 0 Å². The summed E-state index contributed by atoms with van der Waals surface area (Å²) in [5, 5.41) is 9.16. The first kappa shape index (κ1) is 14.7. The van der Waals surface area contributed by atoms with Crippen molar-refractivity contribution in [1.29, 1.82) is 0 Å². The maximum atomic E-state index is 12.1. The summed E-state index contributed by atoms with van der Waals surface area (Å²) in [6.45, 7) is 6.10. The lowest BCUT2D eigenvalue weighted by Gasteiger charge is -2.22. The van der Waals surface area contributed by atoms with Crippen LogP contribution in [-0.2, 0) is 4.79 Å². The molecular weight excluding hydrogens is 226 g/mol. The smallest absolute Gasteiger partial charge is 0.232 e. The molecule has 0 saturated heterocycles. The van der Waals surface area contributed by atoms with Crippen molar-refractivity contribution in [3.8, 4) is 0 Å². The molecule has 18 heavy (non-hydrogen) atoms. The molecule has 1 aromatic carbocycles. The number of carbonyl (C=O) groups is 1. The average Bonchev–Trinajstić information content (AvgIpc) is 2.39. The predicted molar refractivity (Wildman–Crippen MR) is 74.8 cm³/mol. The zero-order valence-electron chi connectivity index (χ0n) is 11.7. The molecule has 0 aliphatic carbocycles. The van der Waals surface area contributed by atoms with Crippen molar-refractivity contribution in [2.45, 2.75) is 33.1 Å². The fourth-order valence-electron chi connectivity index (χ4n) is 1.87. The van der Waals surface area contributed by atoms with Crippen LogP contribution in [0.1, 0.15) is 38.7 Å². The molecule has 1 unspecified atom stereocenters. The second-order valence-corrected chi connectivity index (χ2v) is 4.93. The van der Waals surface area contributed by atoms with Gasteiger partial charge < -0.3 is 10.0 Å². The van der Waals surface area contributed by atoms with Gasteiger partial charge in [0.2, 0.25) is 5.91 Å². The van der Waals surface area contributed by atoms with Crippen molar-refractivity contribution < 1.29 is 9.90 Å². The van der Waals surface area contributed by atoms with E-state index in [2.05, 4.69) is 13.8 Å². The maximum Gasteiger partial charge on any atom is 0.232 e. The third-order valence-electron chi connectivity index (χ3n) is 3.34. The third-order valence-corrected chi connectivity index (χ3v) is 3.34. The lowest BCUT2D eigenvalue weighted by atomic mass is 10.0. The van der Waals surface area contributed by atoms with Gasteiger partial charge in [0, 0.05) is 12.7 Å². The second-order valence-electron chi connectivity index (χ2n) is 4.93. The Bertz CT molecular complexity index is 380. The zero-order chi connectivity index (χ0) is 13.7. The standard InChI is InChI=1S/C15H23NO2/c1-5-12(10-17)15(18)16(4)14-8-6-13(7-9-14)11(2)3/h6-9,11-12,17H,5,10H2,1-4H3. The van der Waals surface area contributed by atoms with E-state index in [-0.39, 0.29) is 18.4 Å². The highest BCUT2D eigenvalue weighted by atomic mass is 16.3. The number of carbonyl (C=O) groups excluding carboxylic acids is 1. The van der Waals surface area contributed by atoms with Crippen molar-refractivity contribution in [3.05, 3.63) is 29.8 Å². The molecule has 0 aromatic heterocycles. The summed E-state index contributed by atoms with van der Waals surface area (Å²) in [6, 6.07) is 8.00. The van der Waals surface area contributed by atoms with Gasteiger partial charge in [-0.25, -0.2) is 0 Å². The minimum atomic E-state index is -0.306. The molecule has 0 fully saturated rings. The van der Waals surface area contributed by atoms with E-state index >= 15 is 0 Å². The van der Waals surface area contributed by atoms with Gasteiger partial charge in [-0.15, -0.1) is 0 Å². The Kier molecular flexibility index (Phi) is 5.35. The molecule has 1 N–H and O–H groups in total. The van der Waals surface area contributed by atoms with Crippen molar-refractivity contribution >= 4 is 11.6 Å². The maximum absolute atomic E-state index is 12.1. The first-order chi connectivity index (χ1) is 8.51. The summed E-state index contributed by atoms with van der Waals surface area (Å²) in [5.41, 5.74) is 2.13. The van der Waals surface area contributed by atoms with Crippen molar-refractivity contribution in [1.82, 2.24) is 0 Å². The summed E-state index contributed by atoms with van der Waals surface area (Å²) in [5.74, 6) is 0.151. The monoisotopic (exact) mass is 249 g/mol. The van der Waals surface area contributed by atoms with Gasteiger partial charge in [0.25, 0.3) is 0 Å². The van der Waals surface area contributed by atoms with E-state index in [0.717, 1.165) is 5.69 Å². The zero-order valence-corrected chi connectivity index (χ0v) is 11.7. The minimum Gasteiger partial charge on any atom is -0.396 e. The molecule has 0 spiro atoms. The number of hydrogen-bond donors (Lipinski definition) is 1. The van der Waals surface area contributed by atoms with Gasteiger partial charge in [0.1, 0.15) is 0 Å². The summed E-state index contributed by atoms with van der Waals surface area (Å²) < 4.78 is 0. The van der Waals surface area contributed by atoms with Gasteiger partial charge in [-0.1, -0.05) is 32.9 Å². The van der Waals surface area contributed by atoms with Gasteiger partial charge in [0.15, 0.2) is 0 Å². The molecule has 3 nitrogen and oxygen atoms in total. The van der Waals surface area contributed by atoms with Gasteiger partial charge in [-0.05, 0) is 30.0 Å². The number of anilines is 1. The number of aliphatic hydroxyl groups excluding tert-OH is 1. The van der Waals surface area contributed by atoms with E-state index in [9.17, 15) is 4.79 Å². The van der Waals surface area contributed by atoms with E-state index in [1.54, 1.807) is 11.9 Å². The fourth-order valence-corrected chi connectivity index (χ4v) is 1.87. The Morgan fingerprint density at radius 2 is 1.83 bits per heavy atom. The molecule has 1 aromatic rings. The van der Waals surface area contributed by atoms with Crippen LogP contribution in [0.3, 0.4) is 0 Å². The van der Waals surface area contributed by atoms with Crippen LogP contribution in [0.4, 0.5) is 5.69 Å². The van der Waals surface area contributed by atoms with Crippen LogP contribution in [-0.4, -0.2) is 24.7 Å². The van der Waals surface area contributed by atoms with Crippen LogP contribution >= 0.6 is 0 Å². The van der Waals surface area contributed by atoms with Crippen molar-refractivity contribution in [2.75, 3.05) is 18.6 Å². The van der Waals surface area contributed by atoms with E-state index < -0.39 is 0 Å². The second kappa shape index (κ2) is 6.55. The summed E-state index contributed by atoms with van der Waals surface area (Å²) in [7, 11) is 1.75. The predicted octanol–water partition coefficient (Wildman–Crippen LogP) is 2.79. The number of aliphatic hydroxyl groups is 1. The first-order valence-corrected chi connectivity index (χ1v) is 6.49. The molecule has 0 heterocycles. The first-order valence-electron chi connectivity index (χ1n) is 6.49. The lowest BCUT2D eigenvalue weighted by molar-refractivity contribution is -0.123. The topological polar surface area (TPSA) is 40.5 Å². The third kappa shape index (κ3) is 3.33. The van der Waals surface area contributed by atoms with Crippen LogP contribution in [0.15, 0.2) is 24.3 Å². The van der Waals surface area contributed by atoms with E-state index in [1.807, 2.05) is 31.2 Å². The van der Waals surface area contributed by atoms with E-state index in [0.29, 0.717) is 12.3 Å². The Balaban J connectivity index is 2.83. The summed E-state index contributed by atoms with van der Waals surface area (Å²) in [6.07, 6.45) is 0.656. The quantitative estimate of drug-likeness (QED) is 0.871. The molecule has 1 rings (SSSR count). The van der Waals surface area contributed by atoms with E-state index in [1.165, 1.54) is 5.56 Å². The summed E-state index contributed by atoms with van der Waals surface area (Å²) >= 11 is 0. The van der Waals surface area contributed by atoms with Crippen LogP contribution in [0.25, 0.3) is 0 Å². The molecule has 0 saturated carbocycles. The summed E-state index contributed by atoms with van der Waals surface area (Å²) in [4.78, 5) is 13.7. The minimum absolute atomic E-state index is 0.0303. The number of rotatable bonds is 5. The van der Waals surface area contributed by atoms with Gasteiger partial charge in [-0.3, -0.25) is 4.79 Å². The molecule has 0 bridgehead atoms. The molecule has 0 radical (unpaired) electrons. The molecule has 100 valence electrons. The molecule has 1 amide bonds. The highest BCUT2D eigenvalue weighted by molar-refractivity contribution is 5.94. The molecule has 0 aliphatic heterocycles. The van der Waals surface area contributed by atoms with Crippen LogP contribution in [0, 0.1) is 5.92 Å². The van der Waals surface area contributed by atoms with Crippen LogP contribution in [0.2, 0.25) is 0 Å². The Hall–Kier alpha value is -1.35. The highest BCUT2D eigenvalue weighted by Gasteiger charge is 2.20. The molecule has 1 atom stereocenters. The van der Waals surface area contributed by atoms with Crippen molar-refractivity contribution in [2.24, 2.45) is 5.92 Å². The average molecular weight is 249 g/mol. The Morgan fingerprint density at radius 3 is 2.22 bits per heavy atom. The van der Waals surface area contributed by atoms with E-state index in [4.69, 9.17) is 5.11 Å². The number of benzene rings is 1. The molecular formula is C15H23NO2. The highest BCUT2D eigenvalue weighted by Crippen LogP contribution is 2.21. The van der Waals surface area contributed by atoms with Crippen LogP contribution < -0.4 is 4.90 Å². The van der Waals surface area contributed by atoms with Crippen molar-refractivity contribution in [3.63, 3.8) is 0 Å². The SMILES string of the molecule is CCC(CO)C(=O)N(C)c1ccc(C(C)C)cc1. The number of amides is 1. The van der Waals surface area contributed by atoms with Gasteiger partial charge in [-0.2, -0.15) is 0 Å². The Labute approximate surface area is 109 Å². The largest absolute Gasteiger partial charge is 0.396 e. The normalized spacial score (nSPS) is 12.6. The number of nitrogens with zero attached hydrogens (tertiary/aromatic N) is 1. The number of hydrogen-bond acceptors (Lipinski definition) is 2. The molecule has 0 aliphatic rings.